The molecule has 0 spiro atoms. The van der Waals surface area contributed by atoms with Crippen molar-refractivity contribution in [1.29, 1.82) is 0 Å². The van der Waals surface area contributed by atoms with Crippen LogP contribution in [0, 0.1) is 0 Å². The second-order valence-electron chi connectivity index (χ2n) is 5.18. The zero-order chi connectivity index (χ0) is 16.8. The first kappa shape index (κ1) is 15.8. The lowest BCUT2D eigenvalue weighted by atomic mass is 10.2. The van der Waals surface area contributed by atoms with Crippen molar-refractivity contribution in [3.05, 3.63) is 66.4 Å². The lowest BCUT2D eigenvalue weighted by Crippen LogP contribution is -1.98. The summed E-state index contributed by atoms with van der Waals surface area (Å²) in [6.45, 7) is 0.470. The summed E-state index contributed by atoms with van der Waals surface area (Å²) >= 11 is 0. The van der Waals surface area contributed by atoms with Gasteiger partial charge in [0.05, 0.1) is 7.11 Å². The highest BCUT2D eigenvalue weighted by Gasteiger charge is 2.05. The SMILES string of the molecule is CNc1ccnc(-c2cccc(OCc3cccc(OC)c3)c2)n1. The van der Waals surface area contributed by atoms with E-state index in [1.165, 1.54) is 0 Å². The number of nitrogens with zero attached hydrogens (tertiary/aromatic N) is 2. The van der Waals surface area contributed by atoms with Crippen LogP contribution in [0.3, 0.4) is 0 Å². The average Bonchev–Trinajstić information content (AvgIpc) is 2.67. The van der Waals surface area contributed by atoms with Crippen LogP contribution in [0.15, 0.2) is 60.8 Å². The highest BCUT2D eigenvalue weighted by molar-refractivity contribution is 5.59. The quantitative estimate of drug-likeness (QED) is 0.749. The second kappa shape index (κ2) is 7.46. The van der Waals surface area contributed by atoms with Gasteiger partial charge < -0.3 is 14.8 Å². The van der Waals surface area contributed by atoms with E-state index in [1.54, 1.807) is 13.3 Å². The molecule has 0 aliphatic carbocycles. The molecule has 0 aliphatic rings. The number of anilines is 1. The summed E-state index contributed by atoms with van der Waals surface area (Å²) in [5.41, 5.74) is 1.96. The van der Waals surface area contributed by atoms with Gasteiger partial charge in [0.15, 0.2) is 5.82 Å². The fourth-order valence-electron chi connectivity index (χ4n) is 2.29. The first-order chi connectivity index (χ1) is 11.8. The van der Waals surface area contributed by atoms with E-state index in [2.05, 4.69) is 15.3 Å². The third kappa shape index (κ3) is 3.81. The summed E-state index contributed by atoms with van der Waals surface area (Å²) in [6, 6.07) is 17.4. The zero-order valence-corrected chi connectivity index (χ0v) is 13.7. The minimum absolute atomic E-state index is 0.470. The third-order valence-electron chi connectivity index (χ3n) is 3.54. The standard InChI is InChI=1S/C19H19N3O2/c1-20-18-9-10-21-19(22-18)15-6-4-8-17(12-15)24-13-14-5-3-7-16(11-14)23-2/h3-12H,13H2,1-2H3,(H,20,21,22). The summed E-state index contributed by atoms with van der Waals surface area (Å²) < 4.78 is 11.1. The van der Waals surface area contributed by atoms with Gasteiger partial charge in [-0.05, 0) is 35.9 Å². The normalized spacial score (nSPS) is 10.2. The van der Waals surface area contributed by atoms with Crippen molar-refractivity contribution in [2.45, 2.75) is 6.61 Å². The largest absolute Gasteiger partial charge is 0.497 e. The molecule has 122 valence electrons. The molecule has 0 bridgehead atoms. The Balaban J connectivity index is 1.75. The van der Waals surface area contributed by atoms with Gasteiger partial charge in [-0.1, -0.05) is 24.3 Å². The Morgan fingerprint density at radius 3 is 2.67 bits per heavy atom. The Morgan fingerprint density at radius 1 is 1.00 bits per heavy atom. The van der Waals surface area contributed by atoms with Crippen molar-refractivity contribution < 1.29 is 9.47 Å². The number of hydrogen-bond acceptors (Lipinski definition) is 5. The van der Waals surface area contributed by atoms with E-state index in [0.29, 0.717) is 12.4 Å². The lowest BCUT2D eigenvalue weighted by Gasteiger charge is -2.09. The molecule has 0 saturated carbocycles. The molecule has 5 nitrogen and oxygen atoms in total. The van der Waals surface area contributed by atoms with Gasteiger partial charge in [-0.25, -0.2) is 9.97 Å². The molecule has 0 saturated heterocycles. The van der Waals surface area contributed by atoms with Gasteiger partial charge in [0.1, 0.15) is 23.9 Å². The van der Waals surface area contributed by atoms with Crippen LogP contribution < -0.4 is 14.8 Å². The molecule has 0 atom stereocenters. The monoisotopic (exact) mass is 321 g/mol. The van der Waals surface area contributed by atoms with Gasteiger partial charge in [-0.2, -0.15) is 0 Å². The Labute approximate surface area is 141 Å². The molecular weight excluding hydrogens is 302 g/mol. The van der Waals surface area contributed by atoms with E-state index >= 15 is 0 Å². The van der Waals surface area contributed by atoms with Crippen LogP contribution in [0.5, 0.6) is 11.5 Å². The highest BCUT2D eigenvalue weighted by atomic mass is 16.5. The van der Waals surface area contributed by atoms with Crippen LogP contribution in [0.2, 0.25) is 0 Å². The summed E-state index contributed by atoms with van der Waals surface area (Å²) in [6.07, 6.45) is 1.73. The molecule has 2 aromatic carbocycles. The molecule has 24 heavy (non-hydrogen) atoms. The maximum absolute atomic E-state index is 5.88. The van der Waals surface area contributed by atoms with Crippen molar-refractivity contribution in [3.8, 4) is 22.9 Å². The minimum atomic E-state index is 0.470. The molecule has 0 unspecified atom stereocenters. The smallest absolute Gasteiger partial charge is 0.161 e. The highest BCUT2D eigenvalue weighted by Crippen LogP contribution is 2.23. The van der Waals surface area contributed by atoms with Gasteiger partial charge in [0.25, 0.3) is 0 Å². The van der Waals surface area contributed by atoms with Gasteiger partial charge >= 0.3 is 0 Å². The molecule has 3 rings (SSSR count). The van der Waals surface area contributed by atoms with Crippen LogP contribution in [0.25, 0.3) is 11.4 Å². The zero-order valence-electron chi connectivity index (χ0n) is 13.7. The topological polar surface area (TPSA) is 56.3 Å². The van der Waals surface area contributed by atoms with Crippen LogP contribution in [-0.2, 0) is 6.61 Å². The van der Waals surface area contributed by atoms with Crippen molar-refractivity contribution in [2.75, 3.05) is 19.5 Å². The van der Waals surface area contributed by atoms with Gasteiger partial charge in [0.2, 0.25) is 0 Å². The van der Waals surface area contributed by atoms with E-state index in [-0.39, 0.29) is 0 Å². The first-order valence-corrected chi connectivity index (χ1v) is 7.65. The predicted octanol–water partition coefficient (Wildman–Crippen LogP) is 3.77. The number of nitrogens with one attached hydrogen (secondary N) is 1. The Morgan fingerprint density at radius 2 is 1.83 bits per heavy atom. The minimum Gasteiger partial charge on any atom is -0.497 e. The number of methoxy groups -OCH3 is 1. The van der Waals surface area contributed by atoms with Crippen LogP contribution >= 0.6 is 0 Å². The molecule has 1 aromatic heterocycles. The van der Waals surface area contributed by atoms with Crippen LogP contribution in [0.4, 0.5) is 5.82 Å². The van der Waals surface area contributed by atoms with Crippen molar-refractivity contribution in [2.24, 2.45) is 0 Å². The van der Waals surface area contributed by atoms with Gasteiger partial charge in [-0.15, -0.1) is 0 Å². The molecule has 1 N–H and O–H groups in total. The number of rotatable bonds is 6. The Hall–Kier alpha value is -3.08. The number of benzene rings is 2. The van der Waals surface area contributed by atoms with E-state index in [4.69, 9.17) is 9.47 Å². The Bertz CT molecular complexity index is 821. The molecule has 5 heteroatoms. The van der Waals surface area contributed by atoms with Crippen molar-refractivity contribution in [1.82, 2.24) is 9.97 Å². The molecule has 1 heterocycles. The lowest BCUT2D eigenvalue weighted by molar-refractivity contribution is 0.305. The third-order valence-corrected chi connectivity index (χ3v) is 3.54. The van der Waals surface area contributed by atoms with Crippen molar-refractivity contribution >= 4 is 5.82 Å². The second-order valence-corrected chi connectivity index (χ2v) is 5.18. The molecule has 3 aromatic rings. The van der Waals surface area contributed by atoms with Gasteiger partial charge in [0, 0.05) is 18.8 Å². The fourth-order valence-corrected chi connectivity index (χ4v) is 2.29. The fraction of sp³-hybridized carbons (Fsp3) is 0.158. The van der Waals surface area contributed by atoms with Crippen LogP contribution in [0.1, 0.15) is 5.56 Å². The number of hydrogen-bond donors (Lipinski definition) is 1. The summed E-state index contributed by atoms with van der Waals surface area (Å²) in [5.74, 6) is 3.03. The molecule has 0 aliphatic heterocycles. The molecular formula is C19H19N3O2. The van der Waals surface area contributed by atoms with Crippen molar-refractivity contribution in [3.63, 3.8) is 0 Å². The maximum Gasteiger partial charge on any atom is 0.161 e. The summed E-state index contributed by atoms with van der Waals surface area (Å²) in [5, 5.41) is 3.01. The van der Waals surface area contributed by atoms with Crippen LogP contribution in [-0.4, -0.2) is 24.1 Å². The molecule has 0 radical (unpaired) electrons. The maximum atomic E-state index is 5.88. The Kier molecular flexibility index (Phi) is 4.91. The average molecular weight is 321 g/mol. The number of ether oxygens (including phenoxy) is 2. The first-order valence-electron chi connectivity index (χ1n) is 7.65. The predicted molar refractivity (Wildman–Crippen MR) is 94.3 cm³/mol. The van der Waals surface area contributed by atoms with Gasteiger partial charge in [-0.3, -0.25) is 0 Å². The van der Waals surface area contributed by atoms with E-state index in [0.717, 1.165) is 28.4 Å². The molecule has 0 fully saturated rings. The molecule has 0 amide bonds. The van der Waals surface area contributed by atoms with E-state index < -0.39 is 0 Å². The van der Waals surface area contributed by atoms with E-state index in [9.17, 15) is 0 Å². The summed E-state index contributed by atoms with van der Waals surface area (Å²) in [4.78, 5) is 8.77. The summed E-state index contributed by atoms with van der Waals surface area (Å²) in [7, 11) is 3.49. The number of aromatic nitrogens is 2. The van der Waals surface area contributed by atoms with E-state index in [1.807, 2.05) is 61.6 Å².